The number of carboxylic acids is 1. The second-order valence-corrected chi connectivity index (χ2v) is 8.32. The van der Waals surface area contributed by atoms with E-state index in [1.54, 1.807) is 37.3 Å². The van der Waals surface area contributed by atoms with Crippen LogP contribution in [0.15, 0.2) is 30.3 Å². The van der Waals surface area contributed by atoms with Crippen LogP contribution < -0.4 is 16.0 Å². The summed E-state index contributed by atoms with van der Waals surface area (Å²) in [7, 11) is 0. The number of ketones is 1. The highest BCUT2D eigenvalue weighted by atomic mass is 16.4. The molecular weight excluding hydrogens is 510 g/mol. The maximum Gasteiger partial charge on any atom is 0.372 e. The normalized spacial score (nSPS) is 18.3. The number of Topliss-reactive ketones (excluding diaryl/α,β-unsaturated/α-hetero) is 1. The van der Waals surface area contributed by atoms with Crippen molar-refractivity contribution >= 4 is 35.5 Å². The van der Waals surface area contributed by atoms with Crippen LogP contribution in [0, 0.1) is 0 Å². The van der Waals surface area contributed by atoms with Gasteiger partial charge in [0.15, 0.2) is 5.41 Å². The molecule has 1 heterocycles. The first kappa shape index (κ1) is 32.3. The van der Waals surface area contributed by atoms with Crippen LogP contribution in [0.25, 0.3) is 0 Å². The average molecular weight is 542 g/mol. The fourth-order valence-corrected chi connectivity index (χ4v) is 3.66. The van der Waals surface area contributed by atoms with E-state index in [0.717, 1.165) is 6.92 Å². The zero-order chi connectivity index (χ0) is 29.2. The molecule has 1 saturated heterocycles. The van der Waals surface area contributed by atoms with Crippen LogP contribution >= 0.6 is 0 Å². The highest BCUT2D eigenvalue weighted by Crippen LogP contribution is 2.30. The number of hydrogen-bond donors (Lipinski definition) is 9. The van der Waals surface area contributed by atoms with Crippen LogP contribution in [0.3, 0.4) is 0 Å². The van der Waals surface area contributed by atoms with E-state index in [1.807, 2.05) is 5.32 Å². The average Bonchev–Trinajstić information content (AvgIpc) is 2.86. The number of nitrogens with one attached hydrogen (secondary N) is 3. The number of carbonyl (C=O) groups is 6. The first-order valence-corrected chi connectivity index (χ1v) is 11.3. The topological polar surface area (TPSA) is 260 Å². The van der Waals surface area contributed by atoms with Gasteiger partial charge >= 0.3 is 12.0 Å². The van der Waals surface area contributed by atoms with Gasteiger partial charge in [0.25, 0.3) is 0 Å². The molecule has 9 N–H and O–H groups in total. The number of barbiturate groups is 1. The minimum Gasteiger partial charge on any atom is -0.475 e. The molecule has 1 aromatic carbocycles. The first-order valence-electron chi connectivity index (χ1n) is 11.3. The molecule has 5 atom stereocenters. The number of hydrogen-bond acceptors (Lipinski definition) is 11. The lowest BCUT2D eigenvalue weighted by molar-refractivity contribution is -0.151. The van der Waals surface area contributed by atoms with E-state index in [1.165, 1.54) is 0 Å². The summed E-state index contributed by atoms with van der Waals surface area (Å²) in [6.07, 6.45) is -8.05. The number of aliphatic hydroxyl groups excluding tert-OH is 5. The molecule has 0 spiro atoms. The van der Waals surface area contributed by atoms with E-state index < -0.39 is 84.4 Å². The van der Waals surface area contributed by atoms with Crippen LogP contribution in [0.2, 0.25) is 0 Å². The van der Waals surface area contributed by atoms with E-state index in [2.05, 4.69) is 10.6 Å². The first-order chi connectivity index (χ1) is 17.7. The fourth-order valence-electron chi connectivity index (χ4n) is 3.66. The lowest BCUT2D eigenvalue weighted by atomic mass is 9.75. The van der Waals surface area contributed by atoms with Crippen molar-refractivity contribution in [3.63, 3.8) is 0 Å². The van der Waals surface area contributed by atoms with Crippen molar-refractivity contribution in [2.24, 2.45) is 0 Å². The molecule has 1 aliphatic heterocycles. The second kappa shape index (κ2) is 14.3. The predicted molar refractivity (Wildman–Crippen MR) is 126 cm³/mol. The molecule has 0 aromatic heterocycles. The third-order valence-corrected chi connectivity index (χ3v) is 5.74. The zero-order valence-electron chi connectivity index (χ0n) is 20.5. The van der Waals surface area contributed by atoms with Gasteiger partial charge in [-0.2, -0.15) is 0 Å². The Bertz CT molecular complexity index is 1010. The van der Waals surface area contributed by atoms with Crippen molar-refractivity contribution in [1.82, 2.24) is 16.0 Å². The number of carboxylic acid groups (broad SMARTS) is 1. The van der Waals surface area contributed by atoms with Gasteiger partial charge in [-0.25, -0.2) is 9.59 Å². The van der Waals surface area contributed by atoms with Gasteiger partial charge in [-0.05, 0) is 12.0 Å². The molecule has 0 unspecified atom stereocenters. The number of amides is 5. The molecule has 0 aliphatic carbocycles. The summed E-state index contributed by atoms with van der Waals surface area (Å²) in [6.45, 7) is 1.87. The van der Waals surface area contributed by atoms with Gasteiger partial charge in [0.05, 0.1) is 18.8 Å². The molecule has 5 amide bonds. The third-order valence-electron chi connectivity index (χ3n) is 5.74. The Hall–Kier alpha value is -3.76. The Morgan fingerprint density at radius 3 is 1.87 bits per heavy atom. The molecule has 1 aromatic rings. The van der Waals surface area contributed by atoms with Crippen molar-refractivity contribution < 1.29 is 59.4 Å². The van der Waals surface area contributed by atoms with Crippen molar-refractivity contribution in [3.05, 3.63) is 35.9 Å². The van der Waals surface area contributed by atoms with Gasteiger partial charge < -0.3 is 36.0 Å². The molecule has 1 fully saturated rings. The standard InChI is InChI=1S/C12H12N2O3.C11H19NO9/c1-2-12(8-6-4-3-5-7-8)9(15)13-11(17)14-10(12)16;1-4(14)12-8(5(15)2-6(16)11(20)21)10(19)9(18)7(17)3-13/h3-7H,2H2,1H3,(H2,13,14,15,16,17);5,7-10,13,15,17-19H,2-3H2,1H3,(H,12,14)(H,20,21)/t;5-,7+,8+,9+,10+/m.0/s1. The Balaban J connectivity index is 0.000000386. The van der Waals surface area contributed by atoms with Gasteiger partial charge in [0.1, 0.15) is 18.3 Å². The van der Waals surface area contributed by atoms with Crippen LogP contribution in [0.5, 0.6) is 0 Å². The van der Waals surface area contributed by atoms with Crippen LogP contribution in [-0.2, 0) is 29.4 Å². The number of urea groups is 1. The maximum absolute atomic E-state index is 12.0. The SMILES string of the molecule is CC(=O)N[C@@H]([C@@H](O)[C@H](O)[C@H](O)CO)[C@@H](O)CC(=O)C(=O)O.CCC1(c2ccccc2)C(=O)NC(=O)NC1=O. The van der Waals surface area contributed by atoms with Crippen molar-refractivity contribution in [3.8, 4) is 0 Å². The summed E-state index contributed by atoms with van der Waals surface area (Å²) in [6, 6.07) is 6.35. The van der Waals surface area contributed by atoms with Crippen LogP contribution in [-0.4, -0.2) is 103 Å². The summed E-state index contributed by atoms with van der Waals surface area (Å²) in [4.78, 5) is 67.4. The molecule has 0 radical (unpaired) electrons. The van der Waals surface area contributed by atoms with Gasteiger partial charge in [0, 0.05) is 13.3 Å². The molecule has 15 heteroatoms. The monoisotopic (exact) mass is 541 g/mol. The van der Waals surface area contributed by atoms with E-state index in [4.69, 9.17) is 10.2 Å². The van der Waals surface area contributed by atoms with Crippen molar-refractivity contribution in [1.29, 1.82) is 0 Å². The fraction of sp³-hybridized carbons (Fsp3) is 0.478. The van der Waals surface area contributed by atoms with Gasteiger partial charge in [-0.3, -0.25) is 29.8 Å². The molecule has 15 nitrogen and oxygen atoms in total. The molecule has 0 saturated carbocycles. The van der Waals surface area contributed by atoms with Gasteiger partial charge in [-0.1, -0.05) is 37.3 Å². The van der Waals surface area contributed by atoms with E-state index in [-0.39, 0.29) is 0 Å². The van der Waals surface area contributed by atoms with Crippen LogP contribution in [0.1, 0.15) is 32.3 Å². The second-order valence-electron chi connectivity index (χ2n) is 8.32. The highest BCUT2D eigenvalue weighted by molar-refractivity contribution is 6.32. The lowest BCUT2D eigenvalue weighted by Crippen LogP contribution is -2.64. The molecule has 0 bridgehead atoms. The van der Waals surface area contributed by atoms with E-state index in [9.17, 15) is 49.2 Å². The number of aliphatic carboxylic acids is 1. The number of imide groups is 2. The van der Waals surface area contributed by atoms with E-state index >= 15 is 0 Å². The van der Waals surface area contributed by atoms with Crippen molar-refractivity contribution in [2.45, 2.75) is 62.6 Å². The summed E-state index contributed by atoms with van der Waals surface area (Å²) in [5, 5.41) is 61.7. The summed E-state index contributed by atoms with van der Waals surface area (Å²) in [5.41, 5.74) is -0.722. The maximum atomic E-state index is 12.0. The number of rotatable bonds is 11. The van der Waals surface area contributed by atoms with Crippen molar-refractivity contribution in [2.75, 3.05) is 6.61 Å². The minimum absolute atomic E-state index is 0.294. The smallest absolute Gasteiger partial charge is 0.372 e. The van der Waals surface area contributed by atoms with E-state index in [0.29, 0.717) is 12.0 Å². The minimum atomic E-state index is -1.94. The van der Waals surface area contributed by atoms with Gasteiger partial charge in [0.2, 0.25) is 23.5 Å². The molecule has 210 valence electrons. The summed E-state index contributed by atoms with van der Waals surface area (Å²) in [5.74, 6) is -5.03. The molecule has 1 aliphatic rings. The van der Waals surface area contributed by atoms with Crippen LogP contribution in [0.4, 0.5) is 4.79 Å². The Kier molecular flexibility index (Phi) is 12.1. The largest absolute Gasteiger partial charge is 0.475 e. The molecule has 2 rings (SSSR count). The number of carbonyl (C=O) groups excluding carboxylic acids is 5. The Morgan fingerprint density at radius 2 is 1.45 bits per heavy atom. The number of benzene rings is 1. The zero-order valence-corrected chi connectivity index (χ0v) is 20.5. The number of aliphatic hydroxyl groups is 5. The Morgan fingerprint density at radius 1 is 0.921 bits per heavy atom. The van der Waals surface area contributed by atoms with Gasteiger partial charge in [-0.15, -0.1) is 0 Å². The predicted octanol–water partition coefficient (Wildman–Crippen LogP) is -3.33. The summed E-state index contributed by atoms with van der Waals surface area (Å²) < 4.78 is 0. The Labute approximate surface area is 216 Å². The lowest BCUT2D eigenvalue weighted by Gasteiger charge is -2.33. The molecular formula is C23H31N3O12. The highest BCUT2D eigenvalue weighted by Gasteiger charge is 2.50. The quantitative estimate of drug-likeness (QED) is 0.0984. The third kappa shape index (κ3) is 7.87. The molecule has 38 heavy (non-hydrogen) atoms. The summed E-state index contributed by atoms with van der Waals surface area (Å²) >= 11 is 0.